The average Bonchev–Trinajstić information content (AvgIpc) is 3.13. The molecule has 36 heavy (non-hydrogen) atoms. The Balaban J connectivity index is 1.26. The molecule has 5 rings (SSSR count). The number of fused-ring (bicyclic) bond motifs is 5. The van der Waals surface area contributed by atoms with Crippen LogP contribution in [0.4, 0.5) is 0 Å². The molecule has 2 N–H and O–H groups in total. The number of aryl methyl sites for hydroxylation is 2. The van der Waals surface area contributed by atoms with Gasteiger partial charge in [-0.25, -0.2) is 0 Å². The predicted molar refractivity (Wildman–Crippen MR) is 141 cm³/mol. The predicted octanol–water partition coefficient (Wildman–Crippen LogP) is 5.88. The number of ketones is 1. The number of benzene rings is 1. The van der Waals surface area contributed by atoms with Crippen molar-refractivity contribution in [1.82, 2.24) is 10.3 Å². The van der Waals surface area contributed by atoms with Gasteiger partial charge in [0.15, 0.2) is 0 Å². The molecule has 0 spiro atoms. The number of rotatable bonds is 8. The van der Waals surface area contributed by atoms with Gasteiger partial charge in [-0.3, -0.25) is 14.6 Å². The Kier molecular flexibility index (Phi) is 7.18. The van der Waals surface area contributed by atoms with E-state index in [-0.39, 0.29) is 11.3 Å². The third-order valence-electron chi connectivity index (χ3n) is 9.48. The first-order valence-corrected chi connectivity index (χ1v) is 13.9. The molecular weight excluding hydrogens is 448 g/mol. The zero-order chi connectivity index (χ0) is 25.3. The molecule has 3 aliphatic carbocycles. The lowest BCUT2D eigenvalue weighted by Crippen LogP contribution is -2.44. The van der Waals surface area contributed by atoms with Crippen LogP contribution in [0, 0.1) is 23.2 Å². The fraction of sp³-hybridized carbons (Fsp3) is 0.581. The summed E-state index contributed by atoms with van der Waals surface area (Å²) in [6.07, 6.45) is 12.5. The van der Waals surface area contributed by atoms with Crippen molar-refractivity contribution in [2.24, 2.45) is 23.2 Å². The number of aromatic hydroxyl groups is 1. The van der Waals surface area contributed by atoms with Crippen LogP contribution in [0.15, 0.2) is 36.7 Å². The number of nitrogens with zero attached hydrogens (tertiary/aromatic N) is 1. The molecule has 1 heterocycles. The average molecular weight is 489 g/mol. The summed E-state index contributed by atoms with van der Waals surface area (Å²) in [4.78, 5) is 29.8. The summed E-state index contributed by atoms with van der Waals surface area (Å²) < 4.78 is 0. The highest BCUT2D eigenvalue weighted by Crippen LogP contribution is 2.62. The fourth-order valence-electron chi connectivity index (χ4n) is 7.77. The van der Waals surface area contributed by atoms with Crippen LogP contribution in [-0.2, 0) is 29.0 Å². The van der Waals surface area contributed by atoms with Gasteiger partial charge in [-0.2, -0.15) is 0 Å². The molecule has 192 valence electrons. The molecule has 3 aliphatic rings. The van der Waals surface area contributed by atoms with Crippen LogP contribution in [0.3, 0.4) is 0 Å². The van der Waals surface area contributed by atoms with Gasteiger partial charge in [0.1, 0.15) is 11.5 Å². The van der Waals surface area contributed by atoms with E-state index in [0.29, 0.717) is 54.6 Å². The zero-order valence-corrected chi connectivity index (χ0v) is 21.8. The number of pyridine rings is 1. The molecule has 5 heteroatoms. The van der Waals surface area contributed by atoms with E-state index in [2.05, 4.69) is 30.2 Å². The quantitative estimate of drug-likeness (QED) is 0.486. The molecule has 0 radical (unpaired) electrons. The molecule has 5 atom stereocenters. The first-order chi connectivity index (χ1) is 17.4. The summed E-state index contributed by atoms with van der Waals surface area (Å²) in [6.45, 7) is 4.89. The second kappa shape index (κ2) is 10.4. The Morgan fingerprint density at radius 2 is 2.14 bits per heavy atom. The summed E-state index contributed by atoms with van der Waals surface area (Å²) >= 11 is 0. The van der Waals surface area contributed by atoms with Crippen molar-refractivity contribution in [2.45, 2.75) is 90.5 Å². The number of hydrogen-bond donors (Lipinski definition) is 2. The SMILES string of the molecule is CCCc1cc2c(cc1O)CC[C@H]1[C@@H]3[C@H](CCCC(=O)NCc4cccnc4)CC(=O)[C@@]3(C)CC[C@H]21. The highest BCUT2D eigenvalue weighted by Gasteiger charge is 2.58. The standard InChI is InChI=1S/C31H40N2O3/c1-3-6-22-15-26-21(16-27(22)34)10-11-25-24(26)12-13-31(2)28(35)17-23(30(25)31)8-4-9-29(36)33-19-20-7-5-14-32-18-20/h5,7,14-16,18,23-25,30,34H,3-4,6,8-13,17,19H2,1-2H3,(H,33,36)/t23-,24+,25-,30+,31-/m1/s1. The van der Waals surface area contributed by atoms with Crippen LogP contribution < -0.4 is 5.32 Å². The number of amides is 1. The van der Waals surface area contributed by atoms with Crippen molar-refractivity contribution in [3.8, 4) is 5.75 Å². The summed E-state index contributed by atoms with van der Waals surface area (Å²) in [5, 5.41) is 13.5. The van der Waals surface area contributed by atoms with E-state index in [4.69, 9.17) is 0 Å². The van der Waals surface area contributed by atoms with E-state index in [9.17, 15) is 14.7 Å². The number of carbonyl (C=O) groups is 2. The lowest BCUT2D eigenvalue weighted by Gasteiger charge is -2.50. The third kappa shape index (κ3) is 4.69. The molecule has 2 saturated carbocycles. The van der Waals surface area contributed by atoms with Crippen molar-refractivity contribution in [2.75, 3.05) is 0 Å². The number of phenols is 1. The van der Waals surface area contributed by atoms with Gasteiger partial charge in [0.2, 0.25) is 5.91 Å². The van der Waals surface area contributed by atoms with Gasteiger partial charge in [-0.05, 0) is 103 Å². The largest absolute Gasteiger partial charge is 0.508 e. The molecular formula is C31H40N2O3. The maximum absolute atomic E-state index is 13.3. The van der Waals surface area contributed by atoms with Crippen molar-refractivity contribution < 1.29 is 14.7 Å². The summed E-state index contributed by atoms with van der Waals surface area (Å²) in [5.74, 6) is 2.74. The maximum atomic E-state index is 13.3. The minimum atomic E-state index is -0.213. The molecule has 0 saturated heterocycles. The molecule has 0 aliphatic heterocycles. The summed E-state index contributed by atoms with van der Waals surface area (Å²) in [5.41, 5.74) is 4.60. The first-order valence-electron chi connectivity index (χ1n) is 13.9. The van der Waals surface area contributed by atoms with E-state index in [1.54, 1.807) is 12.4 Å². The number of aromatic nitrogens is 1. The van der Waals surface area contributed by atoms with Crippen LogP contribution >= 0.6 is 0 Å². The Labute approximate surface area is 215 Å². The van der Waals surface area contributed by atoms with Gasteiger partial charge in [0.05, 0.1) is 0 Å². The molecule has 1 aromatic heterocycles. The van der Waals surface area contributed by atoms with E-state index >= 15 is 0 Å². The van der Waals surface area contributed by atoms with Crippen molar-refractivity contribution in [3.05, 3.63) is 58.9 Å². The Bertz CT molecular complexity index is 1110. The molecule has 2 fully saturated rings. The number of phenolic OH excluding ortho intramolecular Hbond substituents is 1. The Morgan fingerprint density at radius 3 is 2.92 bits per heavy atom. The number of carbonyl (C=O) groups excluding carboxylic acids is 2. The molecule has 1 aromatic carbocycles. The second-order valence-electron chi connectivity index (χ2n) is 11.6. The highest BCUT2D eigenvalue weighted by molar-refractivity contribution is 5.87. The van der Waals surface area contributed by atoms with Gasteiger partial charge in [0.25, 0.3) is 0 Å². The van der Waals surface area contributed by atoms with Gasteiger partial charge in [-0.15, -0.1) is 0 Å². The summed E-state index contributed by atoms with van der Waals surface area (Å²) in [7, 11) is 0. The van der Waals surface area contributed by atoms with Crippen LogP contribution in [0.1, 0.15) is 93.4 Å². The van der Waals surface area contributed by atoms with Crippen molar-refractivity contribution in [1.29, 1.82) is 0 Å². The lowest BCUT2D eigenvalue weighted by atomic mass is 9.54. The van der Waals surface area contributed by atoms with E-state index in [1.807, 2.05) is 18.2 Å². The smallest absolute Gasteiger partial charge is 0.220 e. The van der Waals surface area contributed by atoms with Gasteiger partial charge < -0.3 is 10.4 Å². The van der Waals surface area contributed by atoms with Gasteiger partial charge in [-0.1, -0.05) is 32.4 Å². The Hall–Kier alpha value is -2.69. The van der Waals surface area contributed by atoms with Crippen molar-refractivity contribution in [3.63, 3.8) is 0 Å². The first kappa shape index (κ1) is 25.0. The minimum absolute atomic E-state index is 0.0716. The van der Waals surface area contributed by atoms with Crippen molar-refractivity contribution >= 4 is 11.7 Å². The molecule has 5 nitrogen and oxygen atoms in total. The second-order valence-corrected chi connectivity index (χ2v) is 11.6. The van der Waals surface area contributed by atoms with E-state index in [0.717, 1.165) is 62.5 Å². The Morgan fingerprint density at radius 1 is 1.28 bits per heavy atom. The zero-order valence-electron chi connectivity index (χ0n) is 21.8. The fourth-order valence-corrected chi connectivity index (χ4v) is 7.77. The molecule has 1 amide bonds. The highest BCUT2D eigenvalue weighted by atomic mass is 16.3. The lowest BCUT2D eigenvalue weighted by molar-refractivity contribution is -0.129. The maximum Gasteiger partial charge on any atom is 0.220 e. The van der Waals surface area contributed by atoms with E-state index in [1.165, 1.54) is 11.1 Å². The normalized spacial score (nSPS) is 28.8. The van der Waals surface area contributed by atoms with Crippen LogP contribution in [0.5, 0.6) is 5.75 Å². The third-order valence-corrected chi connectivity index (χ3v) is 9.48. The molecule has 0 bridgehead atoms. The monoisotopic (exact) mass is 488 g/mol. The summed E-state index contributed by atoms with van der Waals surface area (Å²) in [6, 6.07) is 8.15. The van der Waals surface area contributed by atoms with Crippen LogP contribution in [0.25, 0.3) is 0 Å². The van der Waals surface area contributed by atoms with Gasteiger partial charge in [0, 0.05) is 37.2 Å². The number of Topliss-reactive ketones (excluding diaryl/α,β-unsaturated/α-hetero) is 1. The van der Waals surface area contributed by atoms with Gasteiger partial charge >= 0.3 is 0 Å². The number of hydrogen-bond acceptors (Lipinski definition) is 4. The minimum Gasteiger partial charge on any atom is -0.508 e. The topological polar surface area (TPSA) is 79.3 Å². The molecule has 0 unspecified atom stereocenters. The number of nitrogens with one attached hydrogen (secondary N) is 1. The van der Waals surface area contributed by atoms with Crippen LogP contribution in [-0.4, -0.2) is 21.8 Å². The van der Waals surface area contributed by atoms with E-state index < -0.39 is 0 Å². The molecule has 2 aromatic rings. The van der Waals surface area contributed by atoms with Crippen LogP contribution in [0.2, 0.25) is 0 Å².